The Morgan fingerprint density at radius 2 is 2.47 bits per heavy atom. The molecular formula is C13H23N3O. The first kappa shape index (κ1) is 12.6. The average molecular weight is 237 g/mol. The maximum Gasteiger partial charge on any atom is 0.0589 e. The maximum atomic E-state index is 5.75. The summed E-state index contributed by atoms with van der Waals surface area (Å²) in [5, 5.41) is 7.79. The number of aromatic nitrogens is 2. The van der Waals surface area contributed by atoms with Gasteiger partial charge < -0.3 is 10.1 Å². The second kappa shape index (κ2) is 6.17. The van der Waals surface area contributed by atoms with Gasteiger partial charge in [-0.25, -0.2) is 0 Å². The lowest BCUT2D eigenvalue weighted by Gasteiger charge is -2.30. The van der Waals surface area contributed by atoms with Crippen LogP contribution in [0.15, 0.2) is 12.3 Å². The normalized spacial score (nSPS) is 25.1. The number of ether oxygens (including phenoxy) is 1. The van der Waals surface area contributed by atoms with Crippen LogP contribution >= 0.6 is 0 Å². The summed E-state index contributed by atoms with van der Waals surface area (Å²) < 4.78 is 7.68. The van der Waals surface area contributed by atoms with Crippen molar-refractivity contribution < 1.29 is 4.74 Å². The molecule has 0 aliphatic carbocycles. The number of hydrogen-bond donors (Lipinski definition) is 1. The molecule has 17 heavy (non-hydrogen) atoms. The summed E-state index contributed by atoms with van der Waals surface area (Å²) in [5.41, 5.74) is 1.24. The summed E-state index contributed by atoms with van der Waals surface area (Å²) >= 11 is 0. The first-order valence-electron chi connectivity index (χ1n) is 6.61. The highest BCUT2D eigenvalue weighted by Gasteiger charge is 2.21. The molecule has 1 aliphatic rings. The number of hydrogen-bond acceptors (Lipinski definition) is 3. The first-order valence-corrected chi connectivity index (χ1v) is 6.61. The predicted molar refractivity (Wildman–Crippen MR) is 67.7 cm³/mol. The molecule has 0 aromatic carbocycles. The van der Waals surface area contributed by atoms with E-state index in [1.165, 1.54) is 18.5 Å². The van der Waals surface area contributed by atoms with Crippen LogP contribution in [0.25, 0.3) is 0 Å². The van der Waals surface area contributed by atoms with Crippen molar-refractivity contribution in [2.24, 2.45) is 7.05 Å². The van der Waals surface area contributed by atoms with Crippen molar-refractivity contribution >= 4 is 0 Å². The number of aryl methyl sites for hydroxylation is 1. The molecule has 96 valence electrons. The topological polar surface area (TPSA) is 39.1 Å². The quantitative estimate of drug-likeness (QED) is 0.849. The Bertz CT molecular complexity index is 335. The molecule has 2 unspecified atom stereocenters. The molecule has 1 fully saturated rings. The first-order chi connectivity index (χ1) is 8.29. The van der Waals surface area contributed by atoms with E-state index in [4.69, 9.17) is 4.74 Å². The SMILES string of the molecule is CCCC1CC(NCc2ccnn2C)CCO1. The second-order valence-corrected chi connectivity index (χ2v) is 4.83. The monoisotopic (exact) mass is 237 g/mol. The lowest BCUT2D eigenvalue weighted by atomic mass is 10.00. The van der Waals surface area contributed by atoms with E-state index in [0.717, 1.165) is 26.0 Å². The number of nitrogens with one attached hydrogen (secondary N) is 1. The molecule has 4 heteroatoms. The Labute approximate surface area is 103 Å². The van der Waals surface area contributed by atoms with Gasteiger partial charge in [-0.15, -0.1) is 0 Å². The number of nitrogens with zero attached hydrogens (tertiary/aromatic N) is 2. The highest BCUT2D eigenvalue weighted by atomic mass is 16.5. The fourth-order valence-electron chi connectivity index (χ4n) is 2.41. The Kier molecular flexibility index (Phi) is 4.57. The molecule has 2 rings (SSSR count). The van der Waals surface area contributed by atoms with E-state index in [1.807, 2.05) is 17.9 Å². The van der Waals surface area contributed by atoms with Crippen molar-refractivity contribution in [3.63, 3.8) is 0 Å². The summed E-state index contributed by atoms with van der Waals surface area (Å²) in [6, 6.07) is 2.66. The summed E-state index contributed by atoms with van der Waals surface area (Å²) in [6.45, 7) is 4.02. The Morgan fingerprint density at radius 3 is 3.18 bits per heavy atom. The molecule has 1 N–H and O–H groups in total. The van der Waals surface area contributed by atoms with Gasteiger partial charge in [0.2, 0.25) is 0 Å². The third-order valence-electron chi connectivity index (χ3n) is 3.47. The minimum absolute atomic E-state index is 0.456. The van der Waals surface area contributed by atoms with Crippen LogP contribution in [-0.2, 0) is 18.3 Å². The van der Waals surface area contributed by atoms with E-state index in [9.17, 15) is 0 Å². The summed E-state index contributed by atoms with van der Waals surface area (Å²) in [7, 11) is 1.99. The van der Waals surface area contributed by atoms with Gasteiger partial charge in [-0.05, 0) is 25.3 Å². The molecule has 0 saturated carbocycles. The van der Waals surface area contributed by atoms with E-state index in [0.29, 0.717) is 12.1 Å². The van der Waals surface area contributed by atoms with Crippen molar-refractivity contribution in [2.75, 3.05) is 6.61 Å². The highest BCUT2D eigenvalue weighted by Crippen LogP contribution is 2.18. The van der Waals surface area contributed by atoms with Gasteiger partial charge in [-0.3, -0.25) is 4.68 Å². The molecule has 0 bridgehead atoms. The lowest BCUT2D eigenvalue weighted by Crippen LogP contribution is -2.38. The Hall–Kier alpha value is -0.870. The Balaban J connectivity index is 1.77. The van der Waals surface area contributed by atoms with Gasteiger partial charge in [0, 0.05) is 32.4 Å². The molecule has 2 atom stereocenters. The third kappa shape index (κ3) is 3.54. The van der Waals surface area contributed by atoms with Crippen LogP contribution in [0.5, 0.6) is 0 Å². The van der Waals surface area contributed by atoms with Gasteiger partial charge in [0.15, 0.2) is 0 Å². The van der Waals surface area contributed by atoms with Crippen molar-refractivity contribution in [3.8, 4) is 0 Å². The van der Waals surface area contributed by atoms with Crippen LogP contribution in [-0.4, -0.2) is 28.5 Å². The van der Waals surface area contributed by atoms with E-state index < -0.39 is 0 Å². The van der Waals surface area contributed by atoms with Crippen LogP contribution in [0.3, 0.4) is 0 Å². The summed E-state index contributed by atoms with van der Waals surface area (Å²) in [5.74, 6) is 0. The van der Waals surface area contributed by atoms with Crippen molar-refractivity contribution in [3.05, 3.63) is 18.0 Å². The minimum atomic E-state index is 0.456. The van der Waals surface area contributed by atoms with Gasteiger partial charge >= 0.3 is 0 Å². The molecule has 0 amide bonds. The molecular weight excluding hydrogens is 214 g/mol. The van der Waals surface area contributed by atoms with Crippen LogP contribution in [0.1, 0.15) is 38.3 Å². The fourth-order valence-corrected chi connectivity index (χ4v) is 2.41. The van der Waals surface area contributed by atoms with Gasteiger partial charge in [-0.2, -0.15) is 5.10 Å². The molecule has 2 heterocycles. The Morgan fingerprint density at radius 1 is 1.59 bits per heavy atom. The van der Waals surface area contributed by atoms with Gasteiger partial charge in [0.1, 0.15) is 0 Å². The highest BCUT2D eigenvalue weighted by molar-refractivity contribution is 4.99. The second-order valence-electron chi connectivity index (χ2n) is 4.83. The molecule has 1 aromatic heterocycles. The maximum absolute atomic E-state index is 5.75. The fraction of sp³-hybridized carbons (Fsp3) is 0.769. The molecule has 1 aliphatic heterocycles. The molecule has 1 aromatic rings. The van der Waals surface area contributed by atoms with Crippen molar-refractivity contribution in [1.29, 1.82) is 0 Å². The van der Waals surface area contributed by atoms with E-state index in [-0.39, 0.29) is 0 Å². The van der Waals surface area contributed by atoms with Gasteiger partial charge in [0.05, 0.1) is 11.8 Å². The molecule has 0 spiro atoms. The zero-order valence-electron chi connectivity index (χ0n) is 10.9. The van der Waals surface area contributed by atoms with Crippen LogP contribution < -0.4 is 5.32 Å². The standard InChI is InChI=1S/C13H23N3O/c1-3-4-13-9-11(6-8-17-13)14-10-12-5-7-15-16(12)2/h5,7,11,13-14H,3-4,6,8-10H2,1-2H3. The van der Waals surface area contributed by atoms with E-state index >= 15 is 0 Å². The molecule has 4 nitrogen and oxygen atoms in total. The zero-order valence-corrected chi connectivity index (χ0v) is 10.9. The zero-order chi connectivity index (χ0) is 12.1. The van der Waals surface area contributed by atoms with Gasteiger partial charge in [0.25, 0.3) is 0 Å². The largest absolute Gasteiger partial charge is 0.378 e. The summed E-state index contributed by atoms with van der Waals surface area (Å²) in [6.07, 6.45) is 6.96. The van der Waals surface area contributed by atoms with Crippen molar-refractivity contribution in [1.82, 2.24) is 15.1 Å². The predicted octanol–water partition coefficient (Wildman–Crippen LogP) is 1.86. The third-order valence-corrected chi connectivity index (χ3v) is 3.47. The van der Waals surface area contributed by atoms with E-state index in [1.54, 1.807) is 0 Å². The van der Waals surface area contributed by atoms with Crippen LogP contribution in [0.4, 0.5) is 0 Å². The average Bonchev–Trinajstić information content (AvgIpc) is 2.73. The molecule has 0 radical (unpaired) electrons. The minimum Gasteiger partial charge on any atom is -0.378 e. The number of rotatable bonds is 5. The van der Waals surface area contributed by atoms with E-state index in [2.05, 4.69) is 23.4 Å². The summed E-state index contributed by atoms with van der Waals surface area (Å²) in [4.78, 5) is 0. The molecule has 1 saturated heterocycles. The van der Waals surface area contributed by atoms with Crippen LogP contribution in [0.2, 0.25) is 0 Å². The van der Waals surface area contributed by atoms with Gasteiger partial charge in [-0.1, -0.05) is 13.3 Å². The smallest absolute Gasteiger partial charge is 0.0589 e. The lowest BCUT2D eigenvalue weighted by molar-refractivity contribution is -0.00351. The van der Waals surface area contributed by atoms with Crippen molar-refractivity contribution in [2.45, 2.75) is 51.3 Å². The van der Waals surface area contributed by atoms with Crippen LogP contribution in [0, 0.1) is 0 Å².